The van der Waals surface area contributed by atoms with Crippen LogP contribution < -0.4 is 5.32 Å². The molecular weight excluding hydrogens is 286 g/mol. The van der Waals surface area contributed by atoms with Gasteiger partial charge < -0.3 is 19.6 Å². The first-order chi connectivity index (χ1) is 10.5. The lowest BCUT2D eigenvalue weighted by Crippen LogP contribution is -2.38. The standard InChI is InChI=1S/C16H23NO5/c1-10-6-7-14(22-10)13(9-21-2)17-15(18)11-4-3-5-12(8-11)16(19)20/h6-7,11-13H,3-5,8-9H2,1-2H3,(H,17,18)(H,19,20). The number of carboxylic acid groups (broad SMARTS) is 1. The maximum absolute atomic E-state index is 12.4. The Balaban J connectivity index is 2.00. The molecule has 22 heavy (non-hydrogen) atoms. The lowest BCUT2D eigenvalue weighted by Gasteiger charge is -2.27. The molecule has 1 saturated carbocycles. The third-order valence-electron chi connectivity index (χ3n) is 4.15. The number of hydrogen-bond donors (Lipinski definition) is 2. The number of amides is 1. The summed E-state index contributed by atoms with van der Waals surface area (Å²) in [7, 11) is 1.57. The smallest absolute Gasteiger partial charge is 0.306 e. The Morgan fingerprint density at radius 3 is 2.73 bits per heavy atom. The van der Waals surface area contributed by atoms with Gasteiger partial charge >= 0.3 is 5.97 Å². The maximum Gasteiger partial charge on any atom is 0.306 e. The van der Waals surface area contributed by atoms with E-state index in [2.05, 4.69) is 5.32 Å². The van der Waals surface area contributed by atoms with Gasteiger partial charge in [-0.05, 0) is 38.3 Å². The molecule has 1 fully saturated rings. The zero-order valence-electron chi connectivity index (χ0n) is 13.0. The minimum atomic E-state index is -0.812. The lowest BCUT2D eigenvalue weighted by molar-refractivity contribution is -0.144. The second-order valence-electron chi connectivity index (χ2n) is 5.86. The number of hydrogen-bond acceptors (Lipinski definition) is 4. The number of furan rings is 1. The zero-order chi connectivity index (χ0) is 16.1. The Labute approximate surface area is 129 Å². The fourth-order valence-electron chi connectivity index (χ4n) is 2.94. The van der Waals surface area contributed by atoms with Crippen LogP contribution in [0.2, 0.25) is 0 Å². The van der Waals surface area contributed by atoms with E-state index in [0.717, 1.165) is 18.6 Å². The molecule has 1 aromatic rings. The molecule has 1 aliphatic rings. The van der Waals surface area contributed by atoms with Crippen molar-refractivity contribution >= 4 is 11.9 Å². The number of carbonyl (C=O) groups excluding carboxylic acids is 1. The third kappa shape index (κ3) is 4.10. The highest BCUT2D eigenvalue weighted by Gasteiger charge is 2.32. The van der Waals surface area contributed by atoms with E-state index >= 15 is 0 Å². The Morgan fingerprint density at radius 2 is 2.14 bits per heavy atom. The van der Waals surface area contributed by atoms with Crippen LogP contribution in [0.4, 0.5) is 0 Å². The van der Waals surface area contributed by atoms with Gasteiger partial charge in [-0.15, -0.1) is 0 Å². The van der Waals surface area contributed by atoms with Gasteiger partial charge in [0.25, 0.3) is 0 Å². The van der Waals surface area contributed by atoms with E-state index in [1.54, 1.807) is 7.11 Å². The number of rotatable bonds is 6. The fraction of sp³-hybridized carbons (Fsp3) is 0.625. The van der Waals surface area contributed by atoms with Crippen LogP contribution in [0.3, 0.4) is 0 Å². The summed E-state index contributed by atoms with van der Waals surface area (Å²) in [6, 6.07) is 3.31. The topological polar surface area (TPSA) is 88.8 Å². The molecule has 3 unspecified atom stereocenters. The van der Waals surface area contributed by atoms with Crippen molar-refractivity contribution < 1.29 is 23.8 Å². The highest BCUT2D eigenvalue weighted by atomic mass is 16.5. The predicted molar refractivity (Wildman–Crippen MR) is 79.3 cm³/mol. The summed E-state index contributed by atoms with van der Waals surface area (Å²) in [6.07, 6.45) is 2.55. The summed E-state index contributed by atoms with van der Waals surface area (Å²) in [5, 5.41) is 12.0. The summed E-state index contributed by atoms with van der Waals surface area (Å²) >= 11 is 0. The van der Waals surface area contributed by atoms with Crippen LogP contribution in [0.1, 0.15) is 43.2 Å². The summed E-state index contributed by atoms with van der Waals surface area (Å²) in [6.45, 7) is 2.15. The number of nitrogens with one attached hydrogen (secondary N) is 1. The van der Waals surface area contributed by atoms with E-state index in [-0.39, 0.29) is 17.9 Å². The minimum Gasteiger partial charge on any atom is -0.481 e. The first-order valence-electron chi connectivity index (χ1n) is 7.59. The number of carboxylic acids is 1. The van der Waals surface area contributed by atoms with E-state index in [4.69, 9.17) is 14.3 Å². The summed E-state index contributed by atoms with van der Waals surface area (Å²) in [5.74, 6) is -0.191. The van der Waals surface area contributed by atoms with Crippen molar-refractivity contribution in [3.8, 4) is 0 Å². The number of aryl methyl sites for hydroxylation is 1. The minimum absolute atomic E-state index is 0.123. The van der Waals surface area contributed by atoms with Crippen molar-refractivity contribution in [3.05, 3.63) is 23.7 Å². The quantitative estimate of drug-likeness (QED) is 0.841. The number of aliphatic carboxylic acids is 1. The summed E-state index contributed by atoms with van der Waals surface area (Å²) in [5.41, 5.74) is 0. The predicted octanol–water partition coefficient (Wildman–Crippen LogP) is 2.28. The van der Waals surface area contributed by atoms with E-state index in [0.29, 0.717) is 25.2 Å². The first kappa shape index (κ1) is 16.5. The number of ether oxygens (including phenoxy) is 1. The molecule has 0 aliphatic heterocycles. The zero-order valence-corrected chi connectivity index (χ0v) is 13.0. The highest BCUT2D eigenvalue weighted by molar-refractivity contribution is 5.80. The van der Waals surface area contributed by atoms with Gasteiger partial charge in [-0.1, -0.05) is 6.42 Å². The Hall–Kier alpha value is -1.82. The second-order valence-corrected chi connectivity index (χ2v) is 5.86. The van der Waals surface area contributed by atoms with Crippen molar-refractivity contribution in [2.75, 3.05) is 13.7 Å². The monoisotopic (exact) mass is 309 g/mol. The molecule has 1 aliphatic carbocycles. The second kappa shape index (κ2) is 7.45. The van der Waals surface area contributed by atoms with E-state index in [1.807, 2.05) is 19.1 Å². The molecule has 0 spiro atoms. The molecule has 1 amide bonds. The molecule has 0 aromatic carbocycles. The summed E-state index contributed by atoms with van der Waals surface area (Å²) < 4.78 is 10.7. The molecule has 1 aromatic heterocycles. The molecule has 6 heteroatoms. The van der Waals surface area contributed by atoms with Gasteiger partial charge in [0, 0.05) is 13.0 Å². The molecular formula is C16H23NO5. The van der Waals surface area contributed by atoms with E-state index in [1.165, 1.54) is 0 Å². The SMILES string of the molecule is COCC(NC(=O)C1CCCC(C(=O)O)C1)c1ccc(C)o1. The van der Waals surface area contributed by atoms with Crippen LogP contribution in [0, 0.1) is 18.8 Å². The average Bonchev–Trinajstić information content (AvgIpc) is 2.93. The van der Waals surface area contributed by atoms with Crippen molar-refractivity contribution in [1.82, 2.24) is 5.32 Å². The van der Waals surface area contributed by atoms with Gasteiger partial charge in [0.2, 0.25) is 5.91 Å². The molecule has 0 bridgehead atoms. The Morgan fingerprint density at radius 1 is 1.41 bits per heavy atom. The molecule has 122 valence electrons. The maximum atomic E-state index is 12.4. The fourth-order valence-corrected chi connectivity index (χ4v) is 2.94. The van der Waals surface area contributed by atoms with Crippen molar-refractivity contribution in [2.24, 2.45) is 11.8 Å². The Kier molecular flexibility index (Phi) is 5.60. The molecule has 1 heterocycles. The van der Waals surface area contributed by atoms with Gasteiger partial charge in [0.05, 0.1) is 12.5 Å². The molecule has 3 atom stereocenters. The van der Waals surface area contributed by atoms with Crippen LogP contribution in [-0.4, -0.2) is 30.7 Å². The molecule has 6 nitrogen and oxygen atoms in total. The number of carbonyl (C=O) groups is 2. The van der Waals surface area contributed by atoms with Crippen LogP contribution in [0.15, 0.2) is 16.5 Å². The van der Waals surface area contributed by atoms with Crippen molar-refractivity contribution in [1.29, 1.82) is 0 Å². The van der Waals surface area contributed by atoms with Gasteiger partial charge in [-0.25, -0.2) is 0 Å². The van der Waals surface area contributed by atoms with Crippen LogP contribution >= 0.6 is 0 Å². The Bertz CT molecular complexity index is 524. The van der Waals surface area contributed by atoms with E-state index in [9.17, 15) is 9.59 Å². The van der Waals surface area contributed by atoms with Crippen LogP contribution in [0.25, 0.3) is 0 Å². The summed E-state index contributed by atoms with van der Waals surface area (Å²) in [4.78, 5) is 23.5. The molecule has 0 saturated heterocycles. The molecule has 2 N–H and O–H groups in total. The molecule has 0 radical (unpaired) electrons. The van der Waals surface area contributed by atoms with Gasteiger partial charge in [-0.3, -0.25) is 9.59 Å². The first-order valence-corrected chi connectivity index (χ1v) is 7.59. The molecule has 2 rings (SSSR count). The van der Waals surface area contributed by atoms with Gasteiger partial charge in [-0.2, -0.15) is 0 Å². The normalized spacial score (nSPS) is 23.0. The van der Waals surface area contributed by atoms with Crippen molar-refractivity contribution in [2.45, 2.75) is 38.6 Å². The lowest BCUT2D eigenvalue weighted by atomic mass is 9.81. The van der Waals surface area contributed by atoms with Crippen LogP contribution in [-0.2, 0) is 14.3 Å². The third-order valence-corrected chi connectivity index (χ3v) is 4.15. The van der Waals surface area contributed by atoms with E-state index < -0.39 is 11.9 Å². The van der Waals surface area contributed by atoms with Gasteiger partial charge in [0.1, 0.15) is 17.6 Å². The highest BCUT2D eigenvalue weighted by Crippen LogP contribution is 2.30. The largest absolute Gasteiger partial charge is 0.481 e. The van der Waals surface area contributed by atoms with Crippen LogP contribution in [0.5, 0.6) is 0 Å². The average molecular weight is 309 g/mol. The van der Waals surface area contributed by atoms with Crippen molar-refractivity contribution in [3.63, 3.8) is 0 Å². The number of methoxy groups -OCH3 is 1. The van der Waals surface area contributed by atoms with Gasteiger partial charge in [0.15, 0.2) is 0 Å².